The summed E-state index contributed by atoms with van der Waals surface area (Å²) in [4.78, 5) is 21.8. The second-order valence-electron chi connectivity index (χ2n) is 6.90. The van der Waals surface area contributed by atoms with Gasteiger partial charge in [0.15, 0.2) is 5.82 Å². The fourth-order valence-corrected chi connectivity index (χ4v) is 2.22. The van der Waals surface area contributed by atoms with E-state index in [9.17, 15) is 9.90 Å². The molecule has 0 saturated carbocycles. The molecule has 6 heteroatoms. The normalized spacial score (nSPS) is 12.5. The Balaban J connectivity index is 1.90. The first-order valence-corrected chi connectivity index (χ1v) is 8.26. The highest BCUT2D eigenvalue weighted by Gasteiger charge is 2.20. The highest BCUT2D eigenvalue weighted by atomic mass is 16.6. The highest BCUT2D eigenvalue weighted by molar-refractivity contribution is 5.67. The van der Waals surface area contributed by atoms with Crippen LogP contribution in [0.25, 0.3) is 11.4 Å². The molecule has 134 valence electrons. The number of hydrogen-bond acceptors (Lipinski definition) is 5. The summed E-state index contributed by atoms with van der Waals surface area (Å²) >= 11 is 0. The van der Waals surface area contributed by atoms with Crippen molar-refractivity contribution < 1.29 is 14.6 Å². The smallest absolute Gasteiger partial charge is 0.410 e. The summed E-state index contributed by atoms with van der Waals surface area (Å²) in [5, 5.41) is 10.3. The zero-order chi connectivity index (χ0) is 18.4. The average molecular weight is 343 g/mol. The standard InChI is InChI=1S/C19H25N3O3/c1-19(2,3)25-18(24)22(4)13-10-16(23)14-6-8-15(9-7-14)17-20-11-5-12-21-17/h5-9,11-12,16,23H,10,13H2,1-4H3. The molecule has 0 fully saturated rings. The molecule has 1 aromatic carbocycles. The van der Waals surface area contributed by atoms with Crippen LogP contribution in [0, 0.1) is 0 Å². The molecular weight excluding hydrogens is 318 g/mol. The number of carbonyl (C=O) groups is 1. The van der Waals surface area contributed by atoms with Crippen molar-refractivity contribution in [1.82, 2.24) is 14.9 Å². The Morgan fingerprint density at radius 1 is 1.20 bits per heavy atom. The van der Waals surface area contributed by atoms with Gasteiger partial charge in [0.1, 0.15) is 5.60 Å². The molecule has 6 nitrogen and oxygen atoms in total. The van der Waals surface area contributed by atoms with Crippen molar-refractivity contribution in [1.29, 1.82) is 0 Å². The highest BCUT2D eigenvalue weighted by Crippen LogP contribution is 2.21. The van der Waals surface area contributed by atoms with Crippen molar-refractivity contribution >= 4 is 6.09 Å². The minimum Gasteiger partial charge on any atom is -0.444 e. The zero-order valence-electron chi connectivity index (χ0n) is 15.1. The SMILES string of the molecule is CN(CCC(O)c1ccc(-c2ncccn2)cc1)C(=O)OC(C)(C)C. The number of rotatable bonds is 5. The molecule has 0 saturated heterocycles. The maximum absolute atomic E-state index is 11.9. The van der Waals surface area contributed by atoms with Crippen molar-refractivity contribution in [3.63, 3.8) is 0 Å². The molecule has 25 heavy (non-hydrogen) atoms. The third kappa shape index (κ3) is 5.83. The minimum absolute atomic E-state index is 0.392. The van der Waals surface area contributed by atoms with Crippen molar-refractivity contribution in [2.75, 3.05) is 13.6 Å². The van der Waals surface area contributed by atoms with E-state index in [4.69, 9.17) is 4.74 Å². The van der Waals surface area contributed by atoms with Gasteiger partial charge in [0, 0.05) is 31.5 Å². The molecule has 1 unspecified atom stereocenters. The summed E-state index contributed by atoms with van der Waals surface area (Å²) in [7, 11) is 1.66. The number of aliphatic hydroxyl groups excluding tert-OH is 1. The zero-order valence-corrected chi connectivity index (χ0v) is 15.1. The minimum atomic E-state index is -0.657. The van der Waals surface area contributed by atoms with Crippen molar-refractivity contribution in [2.24, 2.45) is 0 Å². The predicted molar refractivity (Wildman–Crippen MR) is 95.9 cm³/mol. The van der Waals surface area contributed by atoms with E-state index in [0.717, 1.165) is 11.1 Å². The van der Waals surface area contributed by atoms with Gasteiger partial charge in [-0.15, -0.1) is 0 Å². The summed E-state index contributed by atoms with van der Waals surface area (Å²) in [6.45, 7) is 5.88. The van der Waals surface area contributed by atoms with Crippen LogP contribution in [0.15, 0.2) is 42.7 Å². The molecule has 1 heterocycles. The van der Waals surface area contributed by atoms with Crippen LogP contribution in [-0.2, 0) is 4.74 Å². The number of nitrogens with zero attached hydrogens (tertiary/aromatic N) is 3. The molecule has 1 amide bonds. The van der Waals surface area contributed by atoms with Crippen LogP contribution >= 0.6 is 0 Å². The van der Waals surface area contributed by atoms with Gasteiger partial charge < -0.3 is 14.7 Å². The number of carbonyl (C=O) groups excluding carboxylic acids is 1. The topological polar surface area (TPSA) is 75.5 Å². The predicted octanol–water partition coefficient (Wildman–Crippen LogP) is 3.43. The summed E-state index contributed by atoms with van der Waals surface area (Å²) in [6, 6.07) is 9.23. The van der Waals surface area contributed by atoms with E-state index < -0.39 is 17.8 Å². The van der Waals surface area contributed by atoms with Gasteiger partial charge in [-0.05, 0) is 38.8 Å². The fraction of sp³-hybridized carbons (Fsp3) is 0.421. The molecule has 0 bridgehead atoms. The first-order chi connectivity index (χ1) is 11.8. The fourth-order valence-electron chi connectivity index (χ4n) is 2.22. The number of amides is 1. The van der Waals surface area contributed by atoms with E-state index in [1.54, 1.807) is 25.5 Å². The summed E-state index contributed by atoms with van der Waals surface area (Å²) in [6.07, 6.45) is 2.76. The Labute approximate surface area is 148 Å². The van der Waals surface area contributed by atoms with Gasteiger partial charge in [0.25, 0.3) is 0 Å². The number of ether oxygens (including phenoxy) is 1. The lowest BCUT2D eigenvalue weighted by molar-refractivity contribution is 0.0273. The monoisotopic (exact) mass is 343 g/mol. The van der Waals surface area contributed by atoms with Gasteiger partial charge in [-0.2, -0.15) is 0 Å². The quantitative estimate of drug-likeness (QED) is 0.900. The van der Waals surface area contributed by atoms with Crippen LogP contribution in [0.1, 0.15) is 38.9 Å². The van der Waals surface area contributed by atoms with Gasteiger partial charge in [0.05, 0.1) is 6.10 Å². The molecule has 0 aliphatic carbocycles. The lowest BCUT2D eigenvalue weighted by atomic mass is 10.0. The van der Waals surface area contributed by atoms with Gasteiger partial charge in [0.2, 0.25) is 0 Å². The van der Waals surface area contributed by atoms with E-state index in [0.29, 0.717) is 18.8 Å². The Kier molecular flexibility index (Phi) is 6.09. The molecule has 0 spiro atoms. The van der Waals surface area contributed by atoms with Crippen LogP contribution in [0.4, 0.5) is 4.79 Å². The molecule has 1 aromatic heterocycles. The number of aromatic nitrogens is 2. The molecule has 1 N–H and O–H groups in total. The molecule has 1 atom stereocenters. The van der Waals surface area contributed by atoms with Gasteiger partial charge in [-0.3, -0.25) is 0 Å². The lowest BCUT2D eigenvalue weighted by Crippen LogP contribution is -2.35. The second-order valence-corrected chi connectivity index (χ2v) is 6.90. The van der Waals surface area contributed by atoms with Crippen molar-refractivity contribution in [2.45, 2.75) is 38.9 Å². The molecule has 0 radical (unpaired) electrons. The van der Waals surface area contributed by atoms with Crippen LogP contribution in [0.3, 0.4) is 0 Å². The number of hydrogen-bond donors (Lipinski definition) is 1. The molecular formula is C19H25N3O3. The number of benzene rings is 1. The molecule has 2 aromatic rings. The second kappa shape index (κ2) is 8.07. The summed E-state index contributed by atoms with van der Waals surface area (Å²) in [5.41, 5.74) is 1.15. The van der Waals surface area contributed by atoms with Gasteiger partial charge in [-0.1, -0.05) is 24.3 Å². The third-order valence-corrected chi connectivity index (χ3v) is 3.56. The number of aliphatic hydroxyl groups is 1. The first-order valence-electron chi connectivity index (χ1n) is 8.26. The largest absolute Gasteiger partial charge is 0.444 e. The van der Waals surface area contributed by atoms with Crippen molar-refractivity contribution in [3.8, 4) is 11.4 Å². The van der Waals surface area contributed by atoms with E-state index >= 15 is 0 Å². The molecule has 0 aliphatic rings. The Morgan fingerprint density at radius 3 is 2.36 bits per heavy atom. The van der Waals surface area contributed by atoms with Crippen molar-refractivity contribution in [3.05, 3.63) is 48.3 Å². The summed E-state index contributed by atoms with van der Waals surface area (Å²) in [5.74, 6) is 0.646. The Hall–Kier alpha value is -2.47. The maximum atomic E-state index is 11.9. The summed E-state index contributed by atoms with van der Waals surface area (Å²) < 4.78 is 5.29. The lowest BCUT2D eigenvalue weighted by Gasteiger charge is -2.25. The van der Waals surface area contributed by atoms with Crippen LogP contribution in [0.5, 0.6) is 0 Å². The maximum Gasteiger partial charge on any atom is 0.410 e. The average Bonchev–Trinajstić information content (AvgIpc) is 2.58. The first kappa shape index (κ1) is 18.9. The van der Waals surface area contributed by atoms with Gasteiger partial charge in [-0.25, -0.2) is 14.8 Å². The van der Waals surface area contributed by atoms with Gasteiger partial charge >= 0.3 is 6.09 Å². The van der Waals surface area contributed by atoms with E-state index in [2.05, 4.69) is 9.97 Å². The Morgan fingerprint density at radius 2 is 1.80 bits per heavy atom. The molecule has 2 rings (SSSR count). The van der Waals surface area contributed by atoms with Crippen LogP contribution < -0.4 is 0 Å². The van der Waals surface area contributed by atoms with Crippen LogP contribution in [0.2, 0.25) is 0 Å². The molecule has 0 aliphatic heterocycles. The third-order valence-electron chi connectivity index (χ3n) is 3.56. The van der Waals surface area contributed by atoms with E-state index in [1.165, 1.54) is 4.90 Å². The van der Waals surface area contributed by atoms with E-state index in [1.807, 2.05) is 45.0 Å². The van der Waals surface area contributed by atoms with Crippen LogP contribution in [-0.4, -0.2) is 45.3 Å². The Bertz CT molecular complexity index is 681. The van der Waals surface area contributed by atoms with E-state index in [-0.39, 0.29) is 0 Å².